The van der Waals surface area contributed by atoms with Crippen molar-refractivity contribution in [3.63, 3.8) is 0 Å². The van der Waals surface area contributed by atoms with E-state index in [4.69, 9.17) is 5.11 Å². The number of anilines is 1. The third-order valence-corrected chi connectivity index (χ3v) is 3.62. The SMILES string of the molecule is O=C(O)c1nc(N2CCC(CO)C2)c2ccccc2n1. The van der Waals surface area contributed by atoms with Crippen LogP contribution < -0.4 is 4.90 Å². The van der Waals surface area contributed by atoms with Crippen LogP contribution in [0.3, 0.4) is 0 Å². The predicted molar refractivity (Wildman–Crippen MR) is 73.9 cm³/mol. The van der Waals surface area contributed by atoms with Crippen molar-refractivity contribution in [1.29, 1.82) is 0 Å². The van der Waals surface area contributed by atoms with E-state index in [1.807, 2.05) is 23.1 Å². The number of aliphatic hydroxyl groups is 1. The topological polar surface area (TPSA) is 86.5 Å². The van der Waals surface area contributed by atoms with Crippen molar-refractivity contribution in [2.45, 2.75) is 6.42 Å². The van der Waals surface area contributed by atoms with Gasteiger partial charge in [0.25, 0.3) is 0 Å². The van der Waals surface area contributed by atoms with Crippen molar-refractivity contribution in [3.05, 3.63) is 30.1 Å². The van der Waals surface area contributed by atoms with Gasteiger partial charge in [-0.1, -0.05) is 12.1 Å². The van der Waals surface area contributed by atoms with Crippen LogP contribution in [-0.2, 0) is 0 Å². The molecule has 1 saturated heterocycles. The van der Waals surface area contributed by atoms with Gasteiger partial charge in [0.2, 0.25) is 5.82 Å². The number of aliphatic hydroxyl groups excluding tert-OH is 1. The zero-order chi connectivity index (χ0) is 14.1. The first kappa shape index (κ1) is 12.8. The highest BCUT2D eigenvalue weighted by Gasteiger charge is 2.25. The van der Waals surface area contributed by atoms with Crippen LogP contribution in [0.15, 0.2) is 24.3 Å². The number of benzene rings is 1. The molecule has 0 radical (unpaired) electrons. The number of nitrogens with zero attached hydrogens (tertiary/aromatic N) is 3. The molecule has 0 saturated carbocycles. The molecule has 1 fully saturated rings. The van der Waals surface area contributed by atoms with Crippen LogP contribution >= 0.6 is 0 Å². The molecule has 1 aromatic carbocycles. The van der Waals surface area contributed by atoms with E-state index in [9.17, 15) is 9.90 Å². The van der Waals surface area contributed by atoms with Gasteiger partial charge < -0.3 is 15.1 Å². The molecule has 2 N–H and O–H groups in total. The van der Waals surface area contributed by atoms with Crippen LogP contribution in [0.4, 0.5) is 5.82 Å². The van der Waals surface area contributed by atoms with Gasteiger partial charge in [-0.05, 0) is 18.6 Å². The summed E-state index contributed by atoms with van der Waals surface area (Å²) >= 11 is 0. The first-order valence-electron chi connectivity index (χ1n) is 6.55. The van der Waals surface area contributed by atoms with Gasteiger partial charge in [0, 0.05) is 31.0 Å². The lowest BCUT2D eigenvalue weighted by molar-refractivity contribution is 0.0684. The van der Waals surface area contributed by atoms with E-state index in [2.05, 4.69) is 9.97 Å². The molecule has 0 spiro atoms. The van der Waals surface area contributed by atoms with E-state index in [-0.39, 0.29) is 18.3 Å². The number of hydrogen-bond donors (Lipinski definition) is 2. The fourth-order valence-electron chi connectivity index (χ4n) is 2.57. The van der Waals surface area contributed by atoms with Crippen molar-refractivity contribution in [2.75, 3.05) is 24.6 Å². The second-order valence-electron chi connectivity index (χ2n) is 4.98. The van der Waals surface area contributed by atoms with Crippen LogP contribution in [0, 0.1) is 5.92 Å². The highest BCUT2D eigenvalue weighted by atomic mass is 16.4. The lowest BCUT2D eigenvalue weighted by Gasteiger charge is -2.19. The number of aromatic carboxylic acids is 1. The molecule has 0 amide bonds. The fraction of sp³-hybridized carbons (Fsp3) is 0.357. The van der Waals surface area contributed by atoms with Crippen LogP contribution in [0.1, 0.15) is 17.0 Å². The number of hydrogen-bond acceptors (Lipinski definition) is 5. The summed E-state index contributed by atoms with van der Waals surface area (Å²) in [6.07, 6.45) is 0.886. The molecule has 0 bridgehead atoms. The summed E-state index contributed by atoms with van der Waals surface area (Å²) in [5, 5.41) is 19.2. The highest BCUT2D eigenvalue weighted by molar-refractivity contribution is 5.93. The summed E-state index contributed by atoms with van der Waals surface area (Å²) in [4.78, 5) is 21.4. The molecule has 1 aliphatic rings. The van der Waals surface area contributed by atoms with Gasteiger partial charge in [-0.25, -0.2) is 14.8 Å². The second kappa shape index (κ2) is 5.05. The van der Waals surface area contributed by atoms with Crippen LogP contribution in [0.5, 0.6) is 0 Å². The molecule has 1 atom stereocenters. The molecule has 1 unspecified atom stereocenters. The second-order valence-corrected chi connectivity index (χ2v) is 4.98. The van der Waals surface area contributed by atoms with Crippen molar-refractivity contribution in [2.24, 2.45) is 5.92 Å². The number of para-hydroxylation sites is 1. The van der Waals surface area contributed by atoms with Crippen molar-refractivity contribution >= 4 is 22.7 Å². The maximum atomic E-state index is 11.1. The summed E-state index contributed by atoms with van der Waals surface area (Å²) in [5.41, 5.74) is 0.627. The minimum atomic E-state index is -1.13. The Hall–Kier alpha value is -2.21. The fourth-order valence-corrected chi connectivity index (χ4v) is 2.57. The number of fused-ring (bicyclic) bond motifs is 1. The average Bonchev–Trinajstić information content (AvgIpc) is 2.94. The van der Waals surface area contributed by atoms with E-state index >= 15 is 0 Å². The summed E-state index contributed by atoms with van der Waals surface area (Å²) in [7, 11) is 0. The van der Waals surface area contributed by atoms with E-state index in [1.54, 1.807) is 6.07 Å². The molecular formula is C14H15N3O3. The molecule has 20 heavy (non-hydrogen) atoms. The molecule has 3 rings (SSSR count). The first-order chi connectivity index (χ1) is 9.69. The normalized spacial score (nSPS) is 18.6. The van der Waals surface area contributed by atoms with E-state index in [0.717, 1.165) is 18.4 Å². The molecule has 6 heteroatoms. The first-order valence-corrected chi connectivity index (χ1v) is 6.55. The Morgan fingerprint density at radius 3 is 2.85 bits per heavy atom. The Morgan fingerprint density at radius 2 is 2.15 bits per heavy atom. The standard InChI is InChI=1S/C14H15N3O3/c18-8-9-5-6-17(7-9)13-10-3-1-2-4-11(10)15-12(16-13)14(19)20/h1-4,9,18H,5-8H2,(H,19,20). The third kappa shape index (κ3) is 2.18. The largest absolute Gasteiger partial charge is 0.475 e. The highest BCUT2D eigenvalue weighted by Crippen LogP contribution is 2.28. The third-order valence-electron chi connectivity index (χ3n) is 3.62. The molecule has 0 aliphatic carbocycles. The summed E-state index contributed by atoms with van der Waals surface area (Å²) in [6, 6.07) is 7.38. The Morgan fingerprint density at radius 1 is 1.35 bits per heavy atom. The van der Waals surface area contributed by atoms with Crippen LogP contribution in [0.25, 0.3) is 10.9 Å². The van der Waals surface area contributed by atoms with Gasteiger partial charge in [-0.2, -0.15) is 0 Å². The number of carboxylic acid groups (broad SMARTS) is 1. The Labute approximate surface area is 115 Å². The number of aromatic nitrogens is 2. The van der Waals surface area contributed by atoms with Gasteiger partial charge in [0.1, 0.15) is 5.82 Å². The number of carboxylic acids is 1. The van der Waals surface area contributed by atoms with Crippen molar-refractivity contribution < 1.29 is 15.0 Å². The zero-order valence-electron chi connectivity index (χ0n) is 10.9. The summed E-state index contributed by atoms with van der Waals surface area (Å²) in [5.74, 6) is -0.456. The lowest BCUT2D eigenvalue weighted by atomic mass is 10.1. The quantitative estimate of drug-likeness (QED) is 0.872. The van der Waals surface area contributed by atoms with Crippen molar-refractivity contribution in [3.8, 4) is 0 Å². The molecule has 104 valence electrons. The predicted octanol–water partition coefficient (Wildman–Crippen LogP) is 1.15. The van der Waals surface area contributed by atoms with Gasteiger partial charge in [-0.3, -0.25) is 0 Å². The molecule has 2 heterocycles. The molecule has 2 aromatic rings. The number of rotatable bonds is 3. The zero-order valence-corrected chi connectivity index (χ0v) is 10.9. The molecular weight excluding hydrogens is 258 g/mol. The molecule has 1 aromatic heterocycles. The Kier molecular flexibility index (Phi) is 3.23. The summed E-state index contributed by atoms with van der Waals surface area (Å²) < 4.78 is 0. The van der Waals surface area contributed by atoms with E-state index in [0.29, 0.717) is 17.9 Å². The molecule has 1 aliphatic heterocycles. The van der Waals surface area contributed by atoms with Gasteiger partial charge in [0.05, 0.1) is 5.52 Å². The van der Waals surface area contributed by atoms with Crippen LogP contribution in [-0.4, -0.2) is 45.8 Å². The van der Waals surface area contributed by atoms with Gasteiger partial charge in [0.15, 0.2) is 0 Å². The summed E-state index contributed by atoms with van der Waals surface area (Å²) in [6.45, 7) is 1.60. The monoisotopic (exact) mass is 273 g/mol. The maximum Gasteiger partial charge on any atom is 0.374 e. The van der Waals surface area contributed by atoms with Gasteiger partial charge >= 0.3 is 5.97 Å². The Bertz CT molecular complexity index is 659. The smallest absolute Gasteiger partial charge is 0.374 e. The Balaban J connectivity index is 2.10. The van der Waals surface area contributed by atoms with E-state index in [1.165, 1.54) is 0 Å². The maximum absolute atomic E-state index is 11.1. The number of carbonyl (C=O) groups is 1. The minimum Gasteiger partial charge on any atom is -0.475 e. The molecule has 6 nitrogen and oxygen atoms in total. The minimum absolute atomic E-state index is 0.144. The van der Waals surface area contributed by atoms with E-state index < -0.39 is 5.97 Å². The lowest BCUT2D eigenvalue weighted by Crippen LogP contribution is -2.23. The van der Waals surface area contributed by atoms with Crippen LogP contribution in [0.2, 0.25) is 0 Å². The van der Waals surface area contributed by atoms with Crippen molar-refractivity contribution in [1.82, 2.24) is 9.97 Å². The average molecular weight is 273 g/mol. The van der Waals surface area contributed by atoms with Gasteiger partial charge in [-0.15, -0.1) is 0 Å².